The van der Waals surface area contributed by atoms with Crippen LogP contribution in [-0.4, -0.2) is 48.1 Å². The number of aryl methyl sites for hydroxylation is 1. The molecule has 0 aliphatic carbocycles. The Kier molecular flexibility index (Phi) is 5.59. The Morgan fingerprint density at radius 2 is 2.03 bits per heavy atom. The highest BCUT2D eigenvalue weighted by molar-refractivity contribution is 5.72. The Labute approximate surface area is 176 Å². The van der Waals surface area contributed by atoms with Gasteiger partial charge in [0.2, 0.25) is 0 Å². The van der Waals surface area contributed by atoms with Crippen LogP contribution in [0.2, 0.25) is 0 Å². The van der Waals surface area contributed by atoms with E-state index in [9.17, 15) is 4.79 Å². The minimum absolute atomic E-state index is 0.0804. The molecule has 0 saturated carbocycles. The number of pyridine rings is 1. The Morgan fingerprint density at radius 1 is 1.20 bits per heavy atom. The predicted molar refractivity (Wildman–Crippen MR) is 122 cm³/mol. The number of benzene rings is 1. The monoisotopic (exact) mass is 404 g/mol. The lowest BCUT2D eigenvalue weighted by Crippen LogP contribution is -2.28. The summed E-state index contributed by atoms with van der Waals surface area (Å²) in [7, 11) is 3.48. The van der Waals surface area contributed by atoms with Crippen molar-refractivity contribution in [1.82, 2.24) is 14.3 Å². The molecule has 30 heavy (non-hydrogen) atoms. The van der Waals surface area contributed by atoms with E-state index in [0.29, 0.717) is 11.3 Å². The molecule has 0 saturated heterocycles. The van der Waals surface area contributed by atoms with Crippen molar-refractivity contribution in [2.45, 2.75) is 20.3 Å². The van der Waals surface area contributed by atoms with Gasteiger partial charge in [-0.3, -0.25) is 14.1 Å². The lowest BCUT2D eigenvalue weighted by molar-refractivity contribution is 0.318. The van der Waals surface area contributed by atoms with Gasteiger partial charge in [-0.1, -0.05) is 19.1 Å². The second kappa shape index (κ2) is 8.32. The van der Waals surface area contributed by atoms with Gasteiger partial charge in [-0.2, -0.15) is 0 Å². The summed E-state index contributed by atoms with van der Waals surface area (Å²) in [5, 5.41) is 3.10. The molecule has 1 aromatic carbocycles. The molecule has 0 unspecified atom stereocenters. The van der Waals surface area contributed by atoms with E-state index in [1.165, 1.54) is 5.57 Å². The summed E-state index contributed by atoms with van der Waals surface area (Å²) in [5.41, 5.74) is 6.38. The fourth-order valence-corrected chi connectivity index (χ4v) is 4.01. The van der Waals surface area contributed by atoms with Gasteiger partial charge in [-0.05, 0) is 54.8 Å². The number of hydrogen-bond acceptors (Lipinski definition) is 5. The SMILES string of the molecule is CCN1CC=C(c2cc(C)c3nc(-c4ccc(NC)c(OC)c4)cc(=O)n3c2)CC1. The summed E-state index contributed by atoms with van der Waals surface area (Å²) in [5.74, 6) is 0.717. The molecule has 0 spiro atoms. The van der Waals surface area contributed by atoms with Crippen LogP contribution in [0.1, 0.15) is 24.5 Å². The smallest absolute Gasteiger partial charge is 0.258 e. The number of rotatable bonds is 5. The lowest BCUT2D eigenvalue weighted by Gasteiger charge is -2.25. The van der Waals surface area contributed by atoms with E-state index in [1.54, 1.807) is 17.6 Å². The third kappa shape index (κ3) is 3.71. The molecule has 0 amide bonds. The first-order chi connectivity index (χ1) is 14.5. The fraction of sp³-hybridized carbons (Fsp3) is 0.333. The molecule has 1 aliphatic rings. The van der Waals surface area contributed by atoms with Crippen molar-refractivity contribution in [3.8, 4) is 17.0 Å². The molecule has 0 bridgehead atoms. The van der Waals surface area contributed by atoms with Crippen LogP contribution >= 0.6 is 0 Å². The summed E-state index contributed by atoms with van der Waals surface area (Å²) in [6, 6.07) is 9.52. The van der Waals surface area contributed by atoms with Crippen LogP contribution < -0.4 is 15.6 Å². The van der Waals surface area contributed by atoms with Crippen molar-refractivity contribution in [3.63, 3.8) is 0 Å². The van der Waals surface area contributed by atoms with Crippen molar-refractivity contribution in [3.05, 3.63) is 64.1 Å². The predicted octanol–water partition coefficient (Wildman–Crippen LogP) is 3.83. The van der Waals surface area contributed by atoms with Crippen LogP contribution in [0.5, 0.6) is 5.75 Å². The third-order valence-corrected chi connectivity index (χ3v) is 5.82. The molecule has 3 heterocycles. The average molecular weight is 405 g/mol. The number of nitrogens with one attached hydrogen (secondary N) is 1. The first-order valence-electron chi connectivity index (χ1n) is 10.4. The molecule has 4 rings (SSSR count). The Hall–Kier alpha value is -3.12. The highest BCUT2D eigenvalue weighted by Gasteiger charge is 2.15. The maximum Gasteiger partial charge on any atom is 0.258 e. The van der Waals surface area contributed by atoms with Crippen LogP contribution in [0, 0.1) is 6.92 Å². The molecule has 3 aromatic rings. The number of hydrogen-bond donors (Lipinski definition) is 1. The maximum absolute atomic E-state index is 13.0. The number of anilines is 1. The molecular formula is C24H28N4O2. The van der Waals surface area contributed by atoms with Crippen molar-refractivity contribution in [2.75, 3.05) is 39.1 Å². The standard InChI is InChI=1S/C24H28N4O2/c1-5-27-10-8-17(9-11-27)19-12-16(2)24-26-21(14-23(29)28(24)15-19)18-6-7-20(25-3)22(13-18)30-4/h6-8,12-15,25H,5,9-11H2,1-4H3. The number of aromatic nitrogens is 2. The topological polar surface area (TPSA) is 58.9 Å². The molecule has 0 fully saturated rings. The molecule has 1 aliphatic heterocycles. The fourth-order valence-electron chi connectivity index (χ4n) is 4.01. The normalized spacial score (nSPS) is 14.6. The molecule has 156 valence electrons. The number of ether oxygens (including phenoxy) is 1. The van der Waals surface area contributed by atoms with Gasteiger partial charge in [0.25, 0.3) is 5.56 Å². The number of fused-ring (bicyclic) bond motifs is 1. The van der Waals surface area contributed by atoms with Gasteiger partial charge < -0.3 is 10.1 Å². The van der Waals surface area contributed by atoms with E-state index >= 15 is 0 Å². The molecule has 6 heteroatoms. The molecule has 0 radical (unpaired) electrons. The van der Waals surface area contributed by atoms with Crippen LogP contribution in [-0.2, 0) is 0 Å². The molecular weight excluding hydrogens is 376 g/mol. The minimum Gasteiger partial charge on any atom is -0.495 e. The van der Waals surface area contributed by atoms with E-state index in [1.807, 2.05) is 38.4 Å². The van der Waals surface area contributed by atoms with Crippen molar-refractivity contribution in [2.24, 2.45) is 0 Å². The van der Waals surface area contributed by atoms with Gasteiger partial charge in [-0.25, -0.2) is 4.98 Å². The van der Waals surface area contributed by atoms with Crippen LogP contribution in [0.15, 0.2) is 47.4 Å². The summed E-state index contributed by atoms with van der Waals surface area (Å²) in [4.78, 5) is 20.2. The Balaban J connectivity index is 1.78. The first-order valence-corrected chi connectivity index (χ1v) is 10.4. The van der Waals surface area contributed by atoms with E-state index in [0.717, 1.165) is 54.2 Å². The molecule has 1 N–H and O–H groups in total. The molecule has 0 atom stereocenters. The van der Waals surface area contributed by atoms with Gasteiger partial charge in [0.1, 0.15) is 11.4 Å². The Bertz CT molecular complexity index is 1180. The van der Waals surface area contributed by atoms with Gasteiger partial charge in [0, 0.05) is 38.0 Å². The van der Waals surface area contributed by atoms with Crippen molar-refractivity contribution >= 4 is 16.9 Å². The zero-order valence-corrected chi connectivity index (χ0v) is 18.0. The maximum atomic E-state index is 13.0. The highest BCUT2D eigenvalue weighted by Crippen LogP contribution is 2.30. The average Bonchev–Trinajstić information content (AvgIpc) is 2.79. The van der Waals surface area contributed by atoms with Gasteiger partial charge in [0.15, 0.2) is 0 Å². The van der Waals surface area contributed by atoms with Crippen LogP contribution in [0.3, 0.4) is 0 Å². The van der Waals surface area contributed by atoms with Gasteiger partial charge >= 0.3 is 0 Å². The zero-order valence-electron chi connectivity index (χ0n) is 18.0. The highest BCUT2D eigenvalue weighted by atomic mass is 16.5. The first kappa shape index (κ1) is 20.2. The summed E-state index contributed by atoms with van der Waals surface area (Å²) >= 11 is 0. The zero-order chi connectivity index (χ0) is 21.3. The number of likely N-dealkylation sites (N-methyl/N-ethyl adjacent to an activating group) is 1. The van der Waals surface area contributed by atoms with Crippen molar-refractivity contribution in [1.29, 1.82) is 0 Å². The quantitative estimate of drug-likeness (QED) is 0.700. The van der Waals surface area contributed by atoms with Crippen LogP contribution in [0.4, 0.5) is 5.69 Å². The summed E-state index contributed by atoms with van der Waals surface area (Å²) in [6.45, 7) is 7.27. The Morgan fingerprint density at radius 3 is 2.70 bits per heavy atom. The second-order valence-electron chi connectivity index (χ2n) is 7.62. The number of nitrogens with zero attached hydrogens (tertiary/aromatic N) is 3. The van der Waals surface area contributed by atoms with Gasteiger partial charge in [0.05, 0.1) is 18.5 Å². The van der Waals surface area contributed by atoms with E-state index in [4.69, 9.17) is 9.72 Å². The van der Waals surface area contributed by atoms with E-state index < -0.39 is 0 Å². The van der Waals surface area contributed by atoms with Gasteiger partial charge in [-0.15, -0.1) is 0 Å². The van der Waals surface area contributed by atoms with Crippen LogP contribution in [0.25, 0.3) is 22.5 Å². The lowest BCUT2D eigenvalue weighted by atomic mass is 9.99. The summed E-state index contributed by atoms with van der Waals surface area (Å²) < 4.78 is 7.12. The third-order valence-electron chi connectivity index (χ3n) is 5.82. The second-order valence-corrected chi connectivity index (χ2v) is 7.62. The molecule has 6 nitrogen and oxygen atoms in total. The largest absolute Gasteiger partial charge is 0.495 e. The van der Waals surface area contributed by atoms with E-state index in [-0.39, 0.29) is 5.56 Å². The molecule has 2 aromatic heterocycles. The van der Waals surface area contributed by atoms with Crippen molar-refractivity contribution < 1.29 is 4.74 Å². The summed E-state index contributed by atoms with van der Waals surface area (Å²) in [6.07, 6.45) is 5.20. The minimum atomic E-state index is -0.0804. The van der Waals surface area contributed by atoms with E-state index in [2.05, 4.69) is 29.3 Å². The number of methoxy groups -OCH3 is 1.